The first-order chi connectivity index (χ1) is 8.22. The molecule has 0 spiro atoms. The Kier molecular flexibility index (Phi) is 4.18. The molecule has 4 heteroatoms. The fourth-order valence-corrected chi connectivity index (χ4v) is 2.84. The zero-order valence-corrected chi connectivity index (χ0v) is 11.0. The van der Waals surface area contributed by atoms with Gasteiger partial charge in [-0.1, -0.05) is 12.8 Å². The molecule has 2 rings (SSSR count). The van der Waals surface area contributed by atoms with E-state index in [9.17, 15) is 0 Å². The maximum atomic E-state index is 5.98. The average molecular weight is 236 g/mol. The lowest BCUT2D eigenvalue weighted by molar-refractivity contribution is 0.150. The van der Waals surface area contributed by atoms with Crippen molar-refractivity contribution in [3.05, 3.63) is 18.0 Å². The van der Waals surface area contributed by atoms with Gasteiger partial charge in [0.05, 0.1) is 12.2 Å². The van der Waals surface area contributed by atoms with Crippen molar-refractivity contribution < 1.29 is 0 Å². The van der Waals surface area contributed by atoms with Gasteiger partial charge in [-0.3, -0.25) is 9.58 Å². The number of aromatic nitrogens is 2. The molecule has 17 heavy (non-hydrogen) atoms. The lowest BCUT2D eigenvalue weighted by Gasteiger charge is -2.34. The third-order valence-electron chi connectivity index (χ3n) is 3.84. The second kappa shape index (κ2) is 5.65. The van der Waals surface area contributed by atoms with Crippen LogP contribution in [0.25, 0.3) is 0 Å². The topological polar surface area (TPSA) is 47.1 Å². The quantitative estimate of drug-likeness (QED) is 0.868. The Morgan fingerprint density at radius 1 is 1.47 bits per heavy atom. The second-order valence-corrected chi connectivity index (χ2v) is 5.14. The zero-order chi connectivity index (χ0) is 12.3. The highest BCUT2D eigenvalue weighted by Crippen LogP contribution is 2.26. The lowest BCUT2D eigenvalue weighted by Crippen LogP contribution is -2.39. The van der Waals surface area contributed by atoms with Gasteiger partial charge in [0.1, 0.15) is 0 Å². The van der Waals surface area contributed by atoms with Gasteiger partial charge >= 0.3 is 0 Å². The van der Waals surface area contributed by atoms with Crippen LogP contribution in [-0.4, -0.2) is 33.8 Å². The van der Waals surface area contributed by atoms with Crippen LogP contribution >= 0.6 is 0 Å². The molecule has 1 saturated heterocycles. The van der Waals surface area contributed by atoms with E-state index >= 15 is 0 Å². The molecule has 0 amide bonds. The van der Waals surface area contributed by atoms with Crippen molar-refractivity contribution in [2.75, 3.05) is 13.1 Å². The van der Waals surface area contributed by atoms with E-state index in [4.69, 9.17) is 5.73 Å². The Hall–Kier alpha value is -0.870. The fraction of sp³-hybridized carbons (Fsp3) is 0.769. The van der Waals surface area contributed by atoms with Crippen LogP contribution in [0.15, 0.2) is 12.4 Å². The van der Waals surface area contributed by atoms with E-state index in [0.29, 0.717) is 18.6 Å². The van der Waals surface area contributed by atoms with Gasteiger partial charge in [0.15, 0.2) is 0 Å². The molecule has 0 radical (unpaired) electrons. The fourth-order valence-electron chi connectivity index (χ4n) is 2.84. The molecular formula is C13H24N4. The predicted molar refractivity (Wildman–Crippen MR) is 69.6 cm³/mol. The number of likely N-dealkylation sites (tertiary alicyclic amines) is 1. The molecule has 96 valence electrons. The van der Waals surface area contributed by atoms with E-state index in [1.807, 2.05) is 17.9 Å². The van der Waals surface area contributed by atoms with E-state index in [2.05, 4.69) is 23.1 Å². The maximum absolute atomic E-state index is 5.98. The summed E-state index contributed by atoms with van der Waals surface area (Å²) in [6, 6.07) is 0.961. The van der Waals surface area contributed by atoms with Crippen LogP contribution < -0.4 is 5.73 Å². The van der Waals surface area contributed by atoms with Crippen molar-refractivity contribution in [2.45, 2.75) is 44.7 Å². The second-order valence-electron chi connectivity index (χ2n) is 5.14. The summed E-state index contributed by atoms with van der Waals surface area (Å²) in [6.07, 6.45) is 9.33. The Morgan fingerprint density at radius 3 is 2.94 bits per heavy atom. The number of nitrogens with zero attached hydrogens (tertiary/aromatic N) is 3. The van der Waals surface area contributed by atoms with E-state index in [1.165, 1.54) is 31.2 Å². The molecule has 1 aromatic rings. The van der Waals surface area contributed by atoms with Gasteiger partial charge in [-0.15, -0.1) is 0 Å². The molecule has 1 aliphatic rings. The highest BCUT2D eigenvalue weighted by molar-refractivity contribution is 5.11. The Bertz CT molecular complexity index is 347. The summed E-state index contributed by atoms with van der Waals surface area (Å²) in [7, 11) is 1.96. The minimum absolute atomic E-state index is 0.330. The van der Waals surface area contributed by atoms with Gasteiger partial charge in [-0.25, -0.2) is 0 Å². The molecule has 1 aliphatic heterocycles. The predicted octanol–water partition coefficient (Wildman–Crippen LogP) is 1.68. The summed E-state index contributed by atoms with van der Waals surface area (Å²) in [5, 5.41) is 4.26. The Labute approximate surface area is 104 Å². The molecule has 4 nitrogen and oxygen atoms in total. The number of nitrogens with two attached hydrogens (primary N) is 1. The lowest BCUT2D eigenvalue weighted by atomic mass is 10.1. The summed E-state index contributed by atoms with van der Waals surface area (Å²) >= 11 is 0. The monoisotopic (exact) mass is 236 g/mol. The van der Waals surface area contributed by atoms with Crippen LogP contribution in [0.4, 0.5) is 0 Å². The number of hydrogen-bond acceptors (Lipinski definition) is 3. The van der Waals surface area contributed by atoms with Gasteiger partial charge in [0, 0.05) is 31.4 Å². The zero-order valence-electron chi connectivity index (χ0n) is 11.0. The first-order valence-corrected chi connectivity index (χ1v) is 6.66. The third-order valence-corrected chi connectivity index (χ3v) is 3.84. The molecule has 2 N–H and O–H groups in total. The van der Waals surface area contributed by atoms with E-state index < -0.39 is 0 Å². The molecule has 0 aromatic carbocycles. The van der Waals surface area contributed by atoms with Gasteiger partial charge in [0.2, 0.25) is 0 Å². The van der Waals surface area contributed by atoms with Crippen molar-refractivity contribution in [2.24, 2.45) is 12.8 Å². The van der Waals surface area contributed by atoms with Gasteiger partial charge in [-0.2, -0.15) is 5.10 Å². The Morgan fingerprint density at radius 2 is 2.29 bits per heavy atom. The maximum Gasteiger partial charge on any atom is 0.0538 e. The summed E-state index contributed by atoms with van der Waals surface area (Å²) in [5.74, 6) is 0. The molecule has 1 aromatic heterocycles. The van der Waals surface area contributed by atoms with E-state index in [-0.39, 0.29) is 0 Å². The highest BCUT2D eigenvalue weighted by atomic mass is 15.3. The minimum atomic E-state index is 0.330. The summed E-state index contributed by atoms with van der Waals surface area (Å²) < 4.78 is 1.86. The van der Waals surface area contributed by atoms with Crippen LogP contribution in [0.3, 0.4) is 0 Å². The molecule has 0 saturated carbocycles. The number of rotatable bonds is 3. The molecule has 2 unspecified atom stereocenters. The van der Waals surface area contributed by atoms with Crippen LogP contribution in [0, 0.1) is 0 Å². The molecule has 2 heterocycles. The minimum Gasteiger partial charge on any atom is -0.329 e. The SMILES string of the molecule is CC1CCCCCN1C(CN)c1cnn(C)c1. The standard InChI is InChI=1S/C13H24N4/c1-11-6-4-3-5-7-17(11)13(8-14)12-9-15-16(2)10-12/h9-11,13H,3-8,14H2,1-2H3. The van der Waals surface area contributed by atoms with Crippen molar-refractivity contribution in [1.82, 2.24) is 14.7 Å². The Balaban J connectivity index is 2.15. The number of aryl methyl sites for hydroxylation is 1. The van der Waals surface area contributed by atoms with E-state index in [1.54, 1.807) is 0 Å². The van der Waals surface area contributed by atoms with Crippen LogP contribution in [-0.2, 0) is 7.05 Å². The van der Waals surface area contributed by atoms with Crippen molar-refractivity contribution >= 4 is 0 Å². The first-order valence-electron chi connectivity index (χ1n) is 6.66. The summed E-state index contributed by atoms with van der Waals surface area (Å²) in [4.78, 5) is 2.56. The molecule has 0 bridgehead atoms. The van der Waals surface area contributed by atoms with Crippen molar-refractivity contribution in [1.29, 1.82) is 0 Å². The number of hydrogen-bond donors (Lipinski definition) is 1. The summed E-state index contributed by atoms with van der Waals surface area (Å²) in [6.45, 7) is 4.16. The van der Waals surface area contributed by atoms with Crippen molar-refractivity contribution in [3.8, 4) is 0 Å². The molecular weight excluding hydrogens is 212 g/mol. The van der Waals surface area contributed by atoms with Crippen LogP contribution in [0.2, 0.25) is 0 Å². The molecule has 0 aliphatic carbocycles. The molecule has 2 atom stereocenters. The first kappa shape index (κ1) is 12.6. The molecule has 1 fully saturated rings. The largest absolute Gasteiger partial charge is 0.329 e. The summed E-state index contributed by atoms with van der Waals surface area (Å²) in [5.41, 5.74) is 7.23. The van der Waals surface area contributed by atoms with Crippen molar-refractivity contribution in [3.63, 3.8) is 0 Å². The van der Waals surface area contributed by atoms with E-state index in [0.717, 1.165) is 6.54 Å². The smallest absolute Gasteiger partial charge is 0.0538 e. The van der Waals surface area contributed by atoms with Crippen LogP contribution in [0.1, 0.15) is 44.2 Å². The van der Waals surface area contributed by atoms with Gasteiger partial charge in [-0.05, 0) is 26.3 Å². The van der Waals surface area contributed by atoms with Crippen LogP contribution in [0.5, 0.6) is 0 Å². The average Bonchev–Trinajstić information content (AvgIpc) is 2.62. The van der Waals surface area contributed by atoms with Gasteiger partial charge < -0.3 is 5.73 Å². The normalized spacial score (nSPS) is 24.5. The van der Waals surface area contributed by atoms with Gasteiger partial charge in [0.25, 0.3) is 0 Å². The third kappa shape index (κ3) is 2.87. The highest BCUT2D eigenvalue weighted by Gasteiger charge is 2.25.